The Labute approximate surface area is 107 Å². The second kappa shape index (κ2) is 5.67. The van der Waals surface area contributed by atoms with Crippen LogP contribution in [0.3, 0.4) is 0 Å². The molecule has 2 N–H and O–H groups in total. The Morgan fingerprint density at radius 1 is 1.33 bits per heavy atom. The quantitative estimate of drug-likeness (QED) is 0.788. The number of amides is 1. The molecule has 0 aliphatic heterocycles. The van der Waals surface area contributed by atoms with E-state index in [1.807, 2.05) is 0 Å². The predicted molar refractivity (Wildman–Crippen MR) is 70.6 cm³/mol. The number of carbonyl (C=O) groups excluding carboxylic acids is 1. The lowest BCUT2D eigenvalue weighted by molar-refractivity contribution is 0.0954. The summed E-state index contributed by atoms with van der Waals surface area (Å²) in [6.07, 6.45) is 4.51. The molecule has 0 spiro atoms. The zero-order valence-electron chi connectivity index (χ0n) is 10.5. The van der Waals surface area contributed by atoms with Gasteiger partial charge in [0.05, 0.1) is 0 Å². The number of nitrogens with zero attached hydrogens (tertiary/aromatic N) is 1. The second-order valence-electron chi connectivity index (χ2n) is 4.74. The van der Waals surface area contributed by atoms with Gasteiger partial charge in [0, 0.05) is 11.3 Å². The summed E-state index contributed by atoms with van der Waals surface area (Å²) in [6, 6.07) is 6.14. The maximum atomic E-state index is 11.8. The third kappa shape index (κ3) is 3.09. The first-order valence-corrected chi connectivity index (χ1v) is 6.32. The molecular weight excluding hydrogens is 228 g/mol. The van der Waals surface area contributed by atoms with Gasteiger partial charge in [0.25, 0.3) is 5.91 Å². The number of benzene rings is 1. The first-order valence-electron chi connectivity index (χ1n) is 6.32. The average molecular weight is 246 g/mol. The van der Waals surface area contributed by atoms with Gasteiger partial charge in [-0.3, -0.25) is 4.79 Å². The van der Waals surface area contributed by atoms with Gasteiger partial charge in [-0.05, 0) is 49.4 Å². The largest absolute Gasteiger partial charge is 0.508 e. The van der Waals surface area contributed by atoms with Crippen molar-refractivity contribution in [2.45, 2.75) is 32.6 Å². The zero-order chi connectivity index (χ0) is 13.0. The molecule has 18 heavy (non-hydrogen) atoms. The van der Waals surface area contributed by atoms with Gasteiger partial charge in [-0.2, -0.15) is 5.10 Å². The Balaban J connectivity index is 1.99. The van der Waals surface area contributed by atoms with E-state index in [-0.39, 0.29) is 11.7 Å². The summed E-state index contributed by atoms with van der Waals surface area (Å²) in [5.74, 6) is 0.373. The lowest BCUT2D eigenvalue weighted by Gasteiger charge is -2.19. The van der Waals surface area contributed by atoms with Gasteiger partial charge < -0.3 is 5.11 Å². The van der Waals surface area contributed by atoms with Crippen molar-refractivity contribution in [2.75, 3.05) is 0 Å². The molecule has 0 unspecified atom stereocenters. The van der Waals surface area contributed by atoms with Gasteiger partial charge >= 0.3 is 0 Å². The van der Waals surface area contributed by atoms with E-state index >= 15 is 0 Å². The van der Waals surface area contributed by atoms with Crippen LogP contribution >= 0.6 is 0 Å². The van der Waals surface area contributed by atoms with Gasteiger partial charge in [0.2, 0.25) is 0 Å². The van der Waals surface area contributed by atoms with Crippen molar-refractivity contribution in [1.82, 2.24) is 5.43 Å². The number of hydrogen-bond donors (Lipinski definition) is 2. The Morgan fingerprint density at radius 2 is 2.06 bits per heavy atom. The summed E-state index contributed by atoms with van der Waals surface area (Å²) in [4.78, 5) is 11.8. The van der Waals surface area contributed by atoms with Gasteiger partial charge in [0.1, 0.15) is 5.75 Å². The highest BCUT2D eigenvalue weighted by Crippen LogP contribution is 2.20. The molecular formula is C14H18N2O2. The fourth-order valence-electron chi connectivity index (χ4n) is 2.14. The summed E-state index contributed by atoms with van der Waals surface area (Å²) in [5.41, 5.74) is 4.16. The highest BCUT2D eigenvalue weighted by atomic mass is 16.3. The highest BCUT2D eigenvalue weighted by Gasteiger charge is 2.16. The molecule has 2 rings (SSSR count). The molecule has 0 aromatic heterocycles. The van der Waals surface area contributed by atoms with Crippen LogP contribution < -0.4 is 5.43 Å². The summed E-state index contributed by atoms with van der Waals surface area (Å²) < 4.78 is 0. The van der Waals surface area contributed by atoms with Crippen LogP contribution in [0.5, 0.6) is 5.75 Å². The number of hydrogen-bond acceptors (Lipinski definition) is 3. The number of aromatic hydroxyl groups is 1. The van der Waals surface area contributed by atoms with Crippen LogP contribution in [0.15, 0.2) is 29.4 Å². The second-order valence-corrected chi connectivity index (χ2v) is 4.74. The number of hydrazone groups is 1. The Kier molecular flexibility index (Phi) is 3.97. The molecule has 1 atom stereocenters. The minimum atomic E-state index is -0.236. The van der Waals surface area contributed by atoms with Gasteiger partial charge in [-0.25, -0.2) is 5.43 Å². The molecule has 4 nitrogen and oxygen atoms in total. The number of phenolic OH excluding ortho intramolecular Hbond substituents is 1. The van der Waals surface area contributed by atoms with E-state index < -0.39 is 0 Å². The zero-order valence-corrected chi connectivity index (χ0v) is 10.5. The van der Waals surface area contributed by atoms with Crippen LogP contribution in [0, 0.1) is 5.92 Å². The Morgan fingerprint density at radius 3 is 2.72 bits per heavy atom. The molecule has 4 heteroatoms. The molecule has 1 amide bonds. The van der Waals surface area contributed by atoms with Crippen LogP contribution in [-0.2, 0) is 0 Å². The normalized spacial score (nSPS) is 21.8. The fraction of sp³-hybridized carbons (Fsp3) is 0.429. The monoisotopic (exact) mass is 246 g/mol. The molecule has 0 heterocycles. The molecule has 96 valence electrons. The highest BCUT2D eigenvalue weighted by molar-refractivity contribution is 5.95. The SMILES string of the molecule is C[C@H]1CCCC/C1=N/NC(=O)c1ccc(O)cc1. The first-order chi connectivity index (χ1) is 8.66. The molecule has 1 aromatic rings. The number of rotatable bonds is 2. The van der Waals surface area contributed by atoms with Gasteiger partial charge in [-0.1, -0.05) is 13.3 Å². The van der Waals surface area contributed by atoms with Crippen LogP contribution in [0.25, 0.3) is 0 Å². The van der Waals surface area contributed by atoms with Crippen molar-refractivity contribution < 1.29 is 9.90 Å². The molecule has 1 aliphatic rings. The van der Waals surface area contributed by atoms with Crippen molar-refractivity contribution in [2.24, 2.45) is 11.0 Å². The fourth-order valence-corrected chi connectivity index (χ4v) is 2.14. The third-order valence-electron chi connectivity index (χ3n) is 3.32. The lowest BCUT2D eigenvalue weighted by atomic mass is 9.89. The minimum Gasteiger partial charge on any atom is -0.508 e. The summed E-state index contributed by atoms with van der Waals surface area (Å²) in [6.45, 7) is 2.14. The predicted octanol–water partition coefficient (Wildman–Crippen LogP) is 2.69. The molecule has 1 fully saturated rings. The van der Waals surface area contributed by atoms with Gasteiger partial charge in [0.15, 0.2) is 0 Å². The van der Waals surface area contributed by atoms with E-state index in [9.17, 15) is 4.79 Å². The topological polar surface area (TPSA) is 61.7 Å². The van der Waals surface area contributed by atoms with E-state index in [1.54, 1.807) is 12.1 Å². The van der Waals surface area contributed by atoms with E-state index in [1.165, 1.54) is 18.6 Å². The smallest absolute Gasteiger partial charge is 0.271 e. The maximum absolute atomic E-state index is 11.8. The molecule has 0 bridgehead atoms. The summed E-state index contributed by atoms with van der Waals surface area (Å²) in [5, 5.41) is 13.4. The number of phenols is 1. The minimum absolute atomic E-state index is 0.152. The molecule has 1 aromatic carbocycles. The van der Waals surface area contributed by atoms with E-state index in [0.29, 0.717) is 11.5 Å². The average Bonchev–Trinajstić information content (AvgIpc) is 2.38. The standard InChI is InChI=1S/C14H18N2O2/c1-10-4-2-3-5-13(10)15-16-14(18)11-6-8-12(17)9-7-11/h6-10,17H,2-5H2,1H3,(H,16,18)/b15-13-/t10-/m0/s1. The van der Waals surface area contributed by atoms with Crippen LogP contribution in [-0.4, -0.2) is 16.7 Å². The first kappa shape index (κ1) is 12.6. The number of carbonyl (C=O) groups is 1. The van der Waals surface area contributed by atoms with E-state index in [4.69, 9.17) is 5.11 Å². The number of nitrogens with one attached hydrogen (secondary N) is 1. The lowest BCUT2D eigenvalue weighted by Crippen LogP contribution is -2.24. The van der Waals surface area contributed by atoms with Crippen LogP contribution in [0.2, 0.25) is 0 Å². The van der Waals surface area contributed by atoms with Crippen molar-refractivity contribution >= 4 is 11.6 Å². The Bertz CT molecular complexity index is 451. The van der Waals surface area contributed by atoms with E-state index in [2.05, 4.69) is 17.5 Å². The van der Waals surface area contributed by atoms with E-state index in [0.717, 1.165) is 25.0 Å². The summed E-state index contributed by atoms with van der Waals surface area (Å²) in [7, 11) is 0. The van der Waals surface area contributed by atoms with Crippen molar-refractivity contribution in [3.05, 3.63) is 29.8 Å². The molecule has 1 aliphatic carbocycles. The third-order valence-corrected chi connectivity index (χ3v) is 3.32. The molecule has 0 radical (unpaired) electrons. The molecule has 1 saturated carbocycles. The van der Waals surface area contributed by atoms with Crippen LogP contribution in [0.1, 0.15) is 43.0 Å². The maximum Gasteiger partial charge on any atom is 0.271 e. The van der Waals surface area contributed by atoms with Crippen LogP contribution in [0.4, 0.5) is 0 Å². The molecule has 0 saturated heterocycles. The van der Waals surface area contributed by atoms with Crippen molar-refractivity contribution in [3.63, 3.8) is 0 Å². The van der Waals surface area contributed by atoms with Gasteiger partial charge in [-0.15, -0.1) is 0 Å². The van der Waals surface area contributed by atoms with Crippen molar-refractivity contribution in [1.29, 1.82) is 0 Å². The summed E-state index contributed by atoms with van der Waals surface area (Å²) >= 11 is 0. The van der Waals surface area contributed by atoms with Crippen molar-refractivity contribution in [3.8, 4) is 5.75 Å². The Hall–Kier alpha value is -1.84.